The summed E-state index contributed by atoms with van der Waals surface area (Å²) >= 11 is 0. The van der Waals surface area contributed by atoms with Crippen LogP contribution in [0.15, 0.2) is 18.2 Å². The third-order valence-corrected chi connectivity index (χ3v) is 4.61. The molecule has 28 heavy (non-hydrogen) atoms. The molecule has 1 aromatic carbocycles. The highest BCUT2D eigenvalue weighted by molar-refractivity contribution is 5.91. The second-order valence-electron chi connectivity index (χ2n) is 6.54. The van der Waals surface area contributed by atoms with E-state index in [1.54, 1.807) is 25.3 Å². The number of hydrogen-bond donors (Lipinski definition) is 3. The Morgan fingerprint density at radius 3 is 2.71 bits per heavy atom. The molecule has 1 aliphatic rings. The number of aliphatic carboxylic acids is 1. The minimum Gasteiger partial charge on any atom is -0.489 e. The van der Waals surface area contributed by atoms with E-state index in [-0.39, 0.29) is 18.6 Å². The summed E-state index contributed by atoms with van der Waals surface area (Å²) in [6.07, 6.45) is 1.40. The van der Waals surface area contributed by atoms with Crippen LogP contribution in [-0.2, 0) is 9.53 Å². The summed E-state index contributed by atoms with van der Waals surface area (Å²) in [4.78, 5) is 25.1. The molecule has 0 unspecified atom stereocenters. The number of likely N-dealkylation sites (N-methyl/N-ethyl adjacent to an activating group) is 1. The number of nitrogens with zero attached hydrogens (tertiary/aromatic N) is 2. The van der Waals surface area contributed by atoms with Crippen molar-refractivity contribution in [2.24, 2.45) is 0 Å². The van der Waals surface area contributed by atoms with Crippen molar-refractivity contribution in [2.75, 3.05) is 38.7 Å². The number of carboxylic acid groups (broad SMARTS) is 1. The lowest BCUT2D eigenvalue weighted by atomic mass is 9.85. The third kappa shape index (κ3) is 6.11. The number of carbonyl (C=O) groups excluding carboxylic acids is 1. The van der Waals surface area contributed by atoms with Crippen LogP contribution in [0.25, 0.3) is 0 Å². The normalized spacial score (nSPS) is 18.1. The van der Waals surface area contributed by atoms with Crippen LogP contribution in [-0.4, -0.2) is 67.5 Å². The monoisotopic (exact) mass is 390 g/mol. The first kappa shape index (κ1) is 21.5. The first-order valence-electron chi connectivity index (χ1n) is 9.16. The Kier molecular flexibility index (Phi) is 8.04. The molecule has 1 fully saturated rings. The largest absolute Gasteiger partial charge is 0.489 e. The lowest BCUT2D eigenvalue weighted by molar-refractivity contribution is -0.139. The van der Waals surface area contributed by atoms with E-state index in [0.29, 0.717) is 49.6 Å². The van der Waals surface area contributed by atoms with Gasteiger partial charge in [0.15, 0.2) is 0 Å². The summed E-state index contributed by atoms with van der Waals surface area (Å²) in [5.74, 6) is -0.398. The average Bonchev–Trinajstić information content (AvgIpc) is 2.63. The molecule has 9 heteroatoms. The number of ether oxygens (including phenoxy) is 2. The van der Waals surface area contributed by atoms with E-state index in [0.717, 1.165) is 0 Å². The minimum atomic E-state index is -0.852. The summed E-state index contributed by atoms with van der Waals surface area (Å²) in [5.41, 5.74) is 0.815. The van der Waals surface area contributed by atoms with E-state index < -0.39 is 12.0 Å². The predicted octanol–water partition coefficient (Wildman–Crippen LogP) is 1.64. The fraction of sp³-hybridized carbons (Fsp3) is 0.526. The fourth-order valence-electron chi connectivity index (χ4n) is 3.08. The Morgan fingerprint density at radius 1 is 1.36 bits per heavy atom. The molecule has 0 bridgehead atoms. The Labute approximate surface area is 164 Å². The molecule has 0 aliphatic heterocycles. The van der Waals surface area contributed by atoms with Crippen LogP contribution < -0.4 is 15.4 Å². The van der Waals surface area contributed by atoms with Crippen molar-refractivity contribution >= 4 is 17.7 Å². The Balaban J connectivity index is 1.89. The van der Waals surface area contributed by atoms with E-state index in [1.165, 1.54) is 0 Å². The number of nitriles is 1. The highest BCUT2D eigenvalue weighted by Gasteiger charge is 2.34. The van der Waals surface area contributed by atoms with Crippen molar-refractivity contribution in [1.29, 1.82) is 5.26 Å². The molecule has 0 aromatic heterocycles. The number of hydrogen-bond acceptors (Lipinski definition) is 6. The molecule has 2 rings (SSSR count). The third-order valence-electron chi connectivity index (χ3n) is 4.61. The second kappa shape index (κ2) is 10.5. The van der Waals surface area contributed by atoms with Crippen molar-refractivity contribution in [3.8, 4) is 11.8 Å². The van der Waals surface area contributed by atoms with Crippen LogP contribution in [0.3, 0.4) is 0 Å². The first-order valence-corrected chi connectivity index (χ1v) is 9.16. The van der Waals surface area contributed by atoms with E-state index in [1.807, 2.05) is 17.9 Å². The quantitative estimate of drug-likeness (QED) is 0.519. The number of methoxy groups -OCH3 is 1. The average molecular weight is 390 g/mol. The van der Waals surface area contributed by atoms with Gasteiger partial charge in [-0.1, -0.05) is 6.92 Å². The number of urea groups is 1. The van der Waals surface area contributed by atoms with Crippen LogP contribution >= 0.6 is 0 Å². The molecular formula is C19H26N4O5. The second-order valence-corrected chi connectivity index (χ2v) is 6.54. The lowest BCUT2D eigenvalue weighted by Gasteiger charge is -2.42. The van der Waals surface area contributed by atoms with Crippen LogP contribution in [0, 0.1) is 11.3 Å². The molecule has 0 heterocycles. The Hall–Kier alpha value is -2.83. The van der Waals surface area contributed by atoms with Gasteiger partial charge in [-0.25, -0.2) is 4.79 Å². The molecular weight excluding hydrogens is 364 g/mol. The van der Waals surface area contributed by atoms with Gasteiger partial charge in [-0.3, -0.25) is 9.69 Å². The molecule has 9 nitrogen and oxygen atoms in total. The smallest absolute Gasteiger partial charge is 0.319 e. The molecule has 1 aromatic rings. The SMILES string of the molecule is CCN(CC(=O)O)C1CC(NC(=O)Nc2cc(C#N)ccc2OCCOC)C1. The molecule has 0 radical (unpaired) electrons. The molecule has 0 saturated heterocycles. The van der Waals surface area contributed by atoms with E-state index in [2.05, 4.69) is 10.6 Å². The summed E-state index contributed by atoms with van der Waals surface area (Å²) in [6.45, 7) is 3.30. The molecule has 152 valence electrons. The fourth-order valence-corrected chi connectivity index (χ4v) is 3.08. The molecule has 3 N–H and O–H groups in total. The van der Waals surface area contributed by atoms with E-state index in [9.17, 15) is 9.59 Å². The molecule has 2 amide bonds. The molecule has 1 aliphatic carbocycles. The van der Waals surface area contributed by atoms with Gasteiger partial charge < -0.3 is 25.2 Å². The van der Waals surface area contributed by atoms with Crippen molar-refractivity contribution in [3.05, 3.63) is 23.8 Å². The molecule has 0 spiro atoms. The zero-order chi connectivity index (χ0) is 20.5. The Morgan fingerprint density at radius 2 is 2.11 bits per heavy atom. The van der Waals surface area contributed by atoms with Gasteiger partial charge in [-0.15, -0.1) is 0 Å². The number of rotatable bonds is 10. The van der Waals surface area contributed by atoms with Crippen molar-refractivity contribution in [1.82, 2.24) is 10.2 Å². The van der Waals surface area contributed by atoms with Crippen molar-refractivity contribution in [2.45, 2.75) is 31.8 Å². The summed E-state index contributed by atoms with van der Waals surface area (Å²) in [7, 11) is 1.57. The van der Waals surface area contributed by atoms with Gasteiger partial charge in [0, 0.05) is 19.2 Å². The number of carbonyl (C=O) groups is 2. The van der Waals surface area contributed by atoms with Crippen LogP contribution in [0.2, 0.25) is 0 Å². The van der Waals surface area contributed by atoms with E-state index >= 15 is 0 Å². The summed E-state index contributed by atoms with van der Waals surface area (Å²) in [6, 6.07) is 6.57. The highest BCUT2D eigenvalue weighted by atomic mass is 16.5. The van der Waals surface area contributed by atoms with Crippen LogP contribution in [0.5, 0.6) is 5.75 Å². The zero-order valence-electron chi connectivity index (χ0n) is 16.1. The maximum atomic E-state index is 12.3. The van der Waals surface area contributed by atoms with Crippen LogP contribution in [0.1, 0.15) is 25.3 Å². The van der Waals surface area contributed by atoms with Crippen molar-refractivity contribution in [3.63, 3.8) is 0 Å². The lowest BCUT2D eigenvalue weighted by Crippen LogP contribution is -2.55. The maximum absolute atomic E-state index is 12.3. The van der Waals surface area contributed by atoms with Crippen molar-refractivity contribution < 1.29 is 24.2 Å². The summed E-state index contributed by atoms with van der Waals surface area (Å²) < 4.78 is 10.5. The number of carboxylic acids is 1. The number of nitrogens with one attached hydrogen (secondary N) is 2. The number of amides is 2. The summed E-state index contributed by atoms with van der Waals surface area (Å²) in [5, 5.41) is 23.6. The number of anilines is 1. The minimum absolute atomic E-state index is 0.00318. The topological polar surface area (TPSA) is 124 Å². The van der Waals surface area contributed by atoms with Gasteiger partial charge in [-0.2, -0.15) is 5.26 Å². The van der Waals surface area contributed by atoms with Gasteiger partial charge in [0.2, 0.25) is 0 Å². The maximum Gasteiger partial charge on any atom is 0.319 e. The molecule has 0 atom stereocenters. The first-order chi connectivity index (χ1) is 13.5. The number of benzene rings is 1. The standard InChI is InChI=1S/C19H26N4O5/c1-3-23(12-18(24)25)15-9-14(10-15)21-19(26)22-16-8-13(11-20)4-5-17(16)28-7-6-27-2/h4-5,8,14-15H,3,6-7,9-10,12H2,1-2H3,(H,24,25)(H2,21,22,26). The highest BCUT2D eigenvalue weighted by Crippen LogP contribution is 2.28. The predicted molar refractivity (Wildman–Crippen MR) is 102 cm³/mol. The van der Waals surface area contributed by atoms with Crippen LogP contribution in [0.4, 0.5) is 10.5 Å². The molecule has 1 saturated carbocycles. The van der Waals surface area contributed by atoms with Gasteiger partial charge in [0.1, 0.15) is 12.4 Å². The van der Waals surface area contributed by atoms with Gasteiger partial charge >= 0.3 is 12.0 Å². The van der Waals surface area contributed by atoms with Gasteiger partial charge in [0.25, 0.3) is 0 Å². The Bertz CT molecular complexity index is 728. The van der Waals surface area contributed by atoms with Gasteiger partial charge in [0.05, 0.1) is 30.5 Å². The zero-order valence-corrected chi connectivity index (χ0v) is 16.1. The van der Waals surface area contributed by atoms with E-state index in [4.69, 9.17) is 19.8 Å². The van der Waals surface area contributed by atoms with Gasteiger partial charge in [-0.05, 0) is 37.6 Å².